The predicted octanol–water partition coefficient (Wildman–Crippen LogP) is 2.60. The number of aromatic nitrogens is 4. The van der Waals surface area contributed by atoms with E-state index in [1.807, 2.05) is 0 Å². The summed E-state index contributed by atoms with van der Waals surface area (Å²) in [6, 6.07) is 7.26. The molecular formula is C23H30F2N7O6PS. The van der Waals surface area contributed by atoms with E-state index in [2.05, 4.69) is 25.4 Å². The first-order valence-electron chi connectivity index (χ1n) is 12.2. The maximum absolute atomic E-state index is 16.2. The van der Waals surface area contributed by atoms with Crippen LogP contribution in [0.1, 0.15) is 27.0 Å². The van der Waals surface area contributed by atoms with Crippen molar-refractivity contribution in [3.8, 4) is 5.75 Å². The van der Waals surface area contributed by atoms with Gasteiger partial charge in [0.05, 0.1) is 12.9 Å². The highest BCUT2D eigenvalue weighted by Crippen LogP contribution is 2.52. The predicted molar refractivity (Wildman–Crippen MR) is 145 cm³/mol. The number of fused-ring (bicyclic) bond motifs is 1. The van der Waals surface area contributed by atoms with Gasteiger partial charge < -0.3 is 34.7 Å². The minimum Gasteiger partial charge on any atom is -0.465 e. The number of nitrogens with zero attached hydrogens (tertiary/aromatic N) is 4. The topological polar surface area (TPSA) is 168 Å². The van der Waals surface area contributed by atoms with Gasteiger partial charge in [-0.2, -0.15) is 9.97 Å². The van der Waals surface area contributed by atoms with Crippen LogP contribution in [-0.4, -0.2) is 74.5 Å². The van der Waals surface area contributed by atoms with E-state index in [0.717, 1.165) is 11.5 Å². The van der Waals surface area contributed by atoms with Crippen LogP contribution in [-0.2, 0) is 30.6 Å². The van der Waals surface area contributed by atoms with E-state index in [4.69, 9.17) is 36.1 Å². The number of hydrogen-bond donors (Lipinski definition) is 4. The minimum atomic E-state index is -3.71. The highest BCUT2D eigenvalue weighted by atomic mass is 32.5. The smallest absolute Gasteiger partial charge is 0.323 e. The van der Waals surface area contributed by atoms with Gasteiger partial charge in [0, 0.05) is 7.05 Å². The van der Waals surface area contributed by atoms with Crippen LogP contribution >= 0.6 is 6.64 Å². The van der Waals surface area contributed by atoms with Crippen molar-refractivity contribution in [3.63, 3.8) is 0 Å². The summed E-state index contributed by atoms with van der Waals surface area (Å²) >= 11 is 5.56. The number of nitrogens with one attached hydrogen (secondary N) is 2. The highest BCUT2D eigenvalue weighted by molar-refractivity contribution is 8.09. The summed E-state index contributed by atoms with van der Waals surface area (Å²) in [5.74, 6) is -3.36. The van der Waals surface area contributed by atoms with E-state index in [0.29, 0.717) is 0 Å². The summed E-state index contributed by atoms with van der Waals surface area (Å²) in [5, 5.41) is 16.3. The summed E-state index contributed by atoms with van der Waals surface area (Å²) in [6.45, 7) is -0.573. The molecule has 1 fully saturated rings. The number of halogens is 2. The molecule has 17 heteroatoms. The van der Waals surface area contributed by atoms with Gasteiger partial charge >= 0.3 is 12.6 Å². The number of para-hydroxylation sites is 1. The number of carbonyl (C=O) groups excluding carboxylic acids is 1. The molecule has 1 aliphatic heterocycles. The Bertz CT molecular complexity index is 1420. The molecule has 2 aromatic heterocycles. The molecule has 3 heterocycles. The molecule has 0 saturated carbocycles. The molecule has 218 valence electrons. The van der Waals surface area contributed by atoms with Crippen molar-refractivity contribution in [2.45, 2.75) is 50.7 Å². The number of nitrogens with two attached hydrogens (primary N) is 1. The monoisotopic (exact) mass is 601 g/mol. The zero-order chi connectivity index (χ0) is 29.3. The van der Waals surface area contributed by atoms with Gasteiger partial charge in [0.1, 0.15) is 18.4 Å². The molecule has 1 aliphatic rings. The van der Waals surface area contributed by atoms with Crippen LogP contribution in [0.25, 0.3) is 11.2 Å². The zero-order valence-corrected chi connectivity index (χ0v) is 23.8. The van der Waals surface area contributed by atoms with Crippen LogP contribution in [0.3, 0.4) is 0 Å². The number of carbonyl (C=O) groups is 1. The molecule has 13 nitrogen and oxygen atoms in total. The number of nitrogen functional groups attached to an aromatic ring is 1. The Labute approximate surface area is 233 Å². The molecule has 6 atom stereocenters. The third-order valence-electron chi connectivity index (χ3n) is 6.05. The van der Waals surface area contributed by atoms with Crippen molar-refractivity contribution in [1.82, 2.24) is 24.6 Å². The fourth-order valence-electron chi connectivity index (χ4n) is 4.08. The van der Waals surface area contributed by atoms with Gasteiger partial charge in [0.25, 0.3) is 5.85 Å². The van der Waals surface area contributed by atoms with Crippen LogP contribution in [0.5, 0.6) is 5.75 Å². The second-order valence-electron chi connectivity index (χ2n) is 9.09. The normalized spacial score (nSPS) is 26.8. The molecule has 1 saturated heterocycles. The number of aliphatic hydroxyl groups excluding tert-OH is 1. The van der Waals surface area contributed by atoms with Crippen LogP contribution < -0.4 is 20.7 Å². The fraction of sp³-hybridized carbons (Fsp3) is 0.478. The molecule has 40 heavy (non-hydrogen) atoms. The fourth-order valence-corrected chi connectivity index (χ4v) is 6.48. The Morgan fingerprint density at radius 2 is 2.05 bits per heavy atom. The molecule has 0 amide bonds. The Kier molecular flexibility index (Phi) is 8.59. The number of benzene rings is 1. The van der Waals surface area contributed by atoms with Crippen LogP contribution in [0.15, 0.2) is 36.7 Å². The number of anilines is 2. The standard InChI is InChI=1S/C23H30F2N7O6PS/c1-5-35-18(33)13(2)31-39(40,38-14-9-7-6-8-10-14)36-11-23(25)19(34)22(3,24)20(37-23)32-12-28-15-16(27-4)29-21(26)30-17(15)32/h6-10,12-13,19-20,34H,5,11H2,1-4H3,(H,31,40)(H3,26,27,29,30)/t13-,19+,20-,22-,23-,39+/m1/s1. The number of alkyl halides is 2. The number of rotatable bonds is 11. The van der Waals surface area contributed by atoms with Gasteiger partial charge in [-0.05, 0) is 44.7 Å². The Balaban J connectivity index is 1.61. The zero-order valence-electron chi connectivity index (χ0n) is 22.1. The van der Waals surface area contributed by atoms with Gasteiger partial charge in [0.15, 0.2) is 35.0 Å². The lowest BCUT2D eigenvalue weighted by Crippen LogP contribution is -2.47. The first kappa shape index (κ1) is 30.0. The second kappa shape index (κ2) is 11.5. The van der Waals surface area contributed by atoms with Gasteiger partial charge in [-0.25, -0.2) is 18.9 Å². The first-order chi connectivity index (χ1) is 18.8. The van der Waals surface area contributed by atoms with E-state index >= 15 is 8.78 Å². The third-order valence-corrected chi connectivity index (χ3v) is 8.53. The number of esters is 1. The Hall–Kier alpha value is -3.01. The van der Waals surface area contributed by atoms with E-state index < -0.39 is 49.1 Å². The van der Waals surface area contributed by atoms with Gasteiger partial charge in [-0.3, -0.25) is 9.36 Å². The molecule has 1 aromatic carbocycles. The molecule has 4 rings (SSSR count). The van der Waals surface area contributed by atoms with Gasteiger partial charge in [0.2, 0.25) is 5.95 Å². The molecule has 3 aromatic rings. The summed E-state index contributed by atoms with van der Waals surface area (Å²) in [5.41, 5.74) is 3.35. The van der Waals surface area contributed by atoms with Crippen molar-refractivity contribution in [2.75, 3.05) is 31.3 Å². The van der Waals surface area contributed by atoms with Crippen LogP contribution in [0.2, 0.25) is 0 Å². The van der Waals surface area contributed by atoms with Gasteiger partial charge in [-0.1, -0.05) is 18.2 Å². The highest BCUT2D eigenvalue weighted by Gasteiger charge is 2.65. The van der Waals surface area contributed by atoms with Crippen molar-refractivity contribution in [2.24, 2.45) is 0 Å². The average molecular weight is 602 g/mol. The van der Waals surface area contributed by atoms with Gasteiger partial charge in [-0.15, -0.1) is 0 Å². The first-order valence-corrected chi connectivity index (χ1v) is 14.8. The number of imidazole rings is 1. The van der Waals surface area contributed by atoms with Crippen molar-refractivity contribution in [3.05, 3.63) is 36.7 Å². The lowest BCUT2D eigenvalue weighted by molar-refractivity contribution is -0.202. The molecule has 0 spiro atoms. The number of aliphatic hydroxyl groups is 1. The van der Waals surface area contributed by atoms with Crippen molar-refractivity contribution in [1.29, 1.82) is 0 Å². The Morgan fingerprint density at radius 3 is 2.70 bits per heavy atom. The largest absolute Gasteiger partial charge is 0.465 e. The SMILES string of the molecule is CCOC(=O)[C@@H](C)N[P@](=S)(OC[C@@]1(F)O[C@@H](n2cnc3c(NC)nc(N)nc32)[C@](C)(F)[C@@H]1O)Oc1ccccc1. The molecule has 0 bridgehead atoms. The second-order valence-corrected chi connectivity index (χ2v) is 12.2. The minimum absolute atomic E-state index is 0.0468. The molecule has 0 radical (unpaired) electrons. The van der Waals surface area contributed by atoms with E-state index in [9.17, 15) is 9.90 Å². The quantitative estimate of drug-likeness (QED) is 0.187. The summed E-state index contributed by atoms with van der Waals surface area (Å²) in [7, 11) is 1.58. The van der Waals surface area contributed by atoms with Crippen LogP contribution in [0.4, 0.5) is 20.5 Å². The van der Waals surface area contributed by atoms with E-state index in [-0.39, 0.29) is 35.3 Å². The summed E-state index contributed by atoms with van der Waals surface area (Å²) < 4.78 is 55.2. The number of ether oxygens (including phenoxy) is 2. The van der Waals surface area contributed by atoms with Crippen LogP contribution in [0, 0.1) is 0 Å². The maximum atomic E-state index is 16.2. The molecular weight excluding hydrogens is 571 g/mol. The molecule has 0 aliphatic carbocycles. The Morgan fingerprint density at radius 1 is 1.35 bits per heavy atom. The lowest BCUT2D eigenvalue weighted by Gasteiger charge is -2.30. The summed E-state index contributed by atoms with van der Waals surface area (Å²) in [4.78, 5) is 24.5. The average Bonchev–Trinajstić information content (AvgIpc) is 3.40. The number of hydrogen-bond acceptors (Lipinski definition) is 12. The van der Waals surface area contributed by atoms with E-state index in [1.165, 1.54) is 13.3 Å². The summed E-state index contributed by atoms with van der Waals surface area (Å²) in [6.07, 6.45) is -2.90. The van der Waals surface area contributed by atoms with Crippen molar-refractivity contribution >= 4 is 47.3 Å². The van der Waals surface area contributed by atoms with E-state index in [1.54, 1.807) is 44.3 Å². The molecule has 5 N–H and O–H groups in total. The third kappa shape index (κ3) is 5.87. The lowest BCUT2D eigenvalue weighted by atomic mass is 9.97. The maximum Gasteiger partial charge on any atom is 0.323 e. The van der Waals surface area contributed by atoms with Crippen molar-refractivity contribution < 1.29 is 37.2 Å². The molecule has 0 unspecified atom stereocenters.